The van der Waals surface area contributed by atoms with Crippen LogP contribution in [0.15, 0.2) is 0 Å². The summed E-state index contributed by atoms with van der Waals surface area (Å²) in [6.07, 6.45) is 3.73. The molecular weight excluding hydrogens is 111 g/mol. The molecule has 0 aromatic carbocycles. The minimum Gasteiger partial charge on any atom is -0.0654 e. The zero-order valence-electron chi connectivity index (χ0n) is 5.41. The van der Waals surface area contributed by atoms with Crippen LogP contribution in [0, 0.1) is 12.8 Å². The van der Waals surface area contributed by atoms with E-state index in [4.69, 9.17) is 0 Å². The fourth-order valence-electron chi connectivity index (χ4n) is 0.637. The molecule has 0 spiro atoms. The zero-order valence-corrected chi connectivity index (χ0v) is 5.41. The maximum Gasteiger partial charge on any atom is 0.187 e. The second kappa shape index (κ2) is 7.53. The number of hydrogen-bond donors (Lipinski definition) is 0. The van der Waals surface area contributed by atoms with Gasteiger partial charge in [-0.05, 0) is 5.92 Å². The predicted octanol–water partition coefficient (Wildman–Crippen LogP) is 1.46. The molecule has 0 fully saturated rings. The summed E-state index contributed by atoms with van der Waals surface area (Å²) >= 11 is 0. The van der Waals surface area contributed by atoms with Crippen molar-refractivity contribution < 1.29 is 0 Å². The van der Waals surface area contributed by atoms with Crippen molar-refractivity contribution in [2.24, 2.45) is 5.92 Å². The SMILES string of the molecule is [AlH3].[CH2]CC(C)CCC. The largest absolute Gasteiger partial charge is 0.187 e. The quantitative estimate of drug-likeness (QED) is 0.506. The standard InChI is InChI=1S/C7H15.Al.3H/c1-4-6-7(3)5-2;;;;/h7H,2,4-6H2,1,3H3;;;;. The van der Waals surface area contributed by atoms with Crippen LogP contribution in [-0.4, -0.2) is 17.4 Å². The summed E-state index contributed by atoms with van der Waals surface area (Å²) in [6.45, 7) is 8.27. The molecule has 1 unspecified atom stereocenters. The van der Waals surface area contributed by atoms with Crippen LogP contribution in [0.1, 0.15) is 33.1 Å². The summed E-state index contributed by atoms with van der Waals surface area (Å²) in [5.41, 5.74) is 0. The zero-order chi connectivity index (χ0) is 5.70. The van der Waals surface area contributed by atoms with Crippen LogP contribution in [-0.2, 0) is 0 Å². The van der Waals surface area contributed by atoms with Gasteiger partial charge in [-0.3, -0.25) is 0 Å². The Morgan fingerprint density at radius 3 is 2.12 bits per heavy atom. The molecule has 0 aliphatic heterocycles. The lowest BCUT2D eigenvalue weighted by Gasteiger charge is -2.02. The van der Waals surface area contributed by atoms with Crippen molar-refractivity contribution in [3.8, 4) is 0 Å². The lowest BCUT2D eigenvalue weighted by atomic mass is 10.0. The highest BCUT2D eigenvalue weighted by Crippen LogP contribution is 2.06. The minimum atomic E-state index is 0. The topological polar surface area (TPSA) is 0 Å². The van der Waals surface area contributed by atoms with Crippen molar-refractivity contribution in [1.29, 1.82) is 0 Å². The van der Waals surface area contributed by atoms with Gasteiger partial charge >= 0.3 is 0 Å². The minimum absolute atomic E-state index is 0. The molecule has 0 N–H and O–H groups in total. The highest BCUT2D eigenvalue weighted by molar-refractivity contribution is 5.75. The van der Waals surface area contributed by atoms with E-state index in [1.807, 2.05) is 0 Å². The van der Waals surface area contributed by atoms with Gasteiger partial charge < -0.3 is 0 Å². The summed E-state index contributed by atoms with van der Waals surface area (Å²) in [4.78, 5) is 0. The van der Waals surface area contributed by atoms with Gasteiger partial charge in [-0.2, -0.15) is 0 Å². The Kier molecular flexibility index (Phi) is 10.7. The monoisotopic (exact) mass is 129 g/mol. The molecule has 0 rings (SSSR count). The molecule has 0 bridgehead atoms. The smallest absolute Gasteiger partial charge is 0.0654 e. The van der Waals surface area contributed by atoms with Crippen LogP contribution >= 0.6 is 0 Å². The van der Waals surface area contributed by atoms with Gasteiger partial charge in [0.15, 0.2) is 17.4 Å². The van der Waals surface area contributed by atoms with Gasteiger partial charge in [-0.1, -0.05) is 40.0 Å². The van der Waals surface area contributed by atoms with Gasteiger partial charge in [0.2, 0.25) is 0 Å². The van der Waals surface area contributed by atoms with E-state index in [0.717, 1.165) is 12.3 Å². The molecule has 8 heavy (non-hydrogen) atoms. The Labute approximate surface area is 63.8 Å². The molecule has 0 saturated carbocycles. The third kappa shape index (κ3) is 6.53. The third-order valence-corrected chi connectivity index (χ3v) is 1.27. The summed E-state index contributed by atoms with van der Waals surface area (Å²) in [7, 11) is 0. The molecule has 0 aromatic rings. The van der Waals surface area contributed by atoms with Crippen LogP contribution < -0.4 is 0 Å². The maximum absolute atomic E-state index is 3.80. The molecule has 1 atom stereocenters. The number of rotatable bonds is 3. The van der Waals surface area contributed by atoms with Crippen molar-refractivity contribution in [2.75, 3.05) is 0 Å². The fourth-order valence-corrected chi connectivity index (χ4v) is 0.637. The predicted molar refractivity (Wildman–Crippen MR) is 44.0 cm³/mol. The van der Waals surface area contributed by atoms with Gasteiger partial charge in [0, 0.05) is 0 Å². The normalized spacial score (nSPS) is 12.4. The second-order valence-electron chi connectivity index (χ2n) is 2.18. The summed E-state index contributed by atoms with van der Waals surface area (Å²) < 4.78 is 0. The van der Waals surface area contributed by atoms with E-state index in [9.17, 15) is 0 Å². The Bertz CT molecular complexity index is 35.4. The van der Waals surface area contributed by atoms with E-state index < -0.39 is 0 Å². The van der Waals surface area contributed by atoms with Gasteiger partial charge in [0.1, 0.15) is 0 Å². The molecule has 49 valence electrons. The Balaban J connectivity index is 0. The van der Waals surface area contributed by atoms with Crippen molar-refractivity contribution in [3.63, 3.8) is 0 Å². The highest BCUT2D eigenvalue weighted by Gasteiger charge is 1.92. The molecule has 0 aliphatic carbocycles. The van der Waals surface area contributed by atoms with Crippen molar-refractivity contribution in [3.05, 3.63) is 6.92 Å². The molecule has 0 heterocycles. The first-order valence-electron chi connectivity index (χ1n) is 3.10. The van der Waals surface area contributed by atoms with E-state index in [0.29, 0.717) is 0 Å². The van der Waals surface area contributed by atoms with Crippen LogP contribution in [0.25, 0.3) is 0 Å². The Morgan fingerprint density at radius 1 is 1.50 bits per heavy atom. The fraction of sp³-hybridized carbons (Fsp3) is 0.857. The van der Waals surface area contributed by atoms with E-state index >= 15 is 0 Å². The van der Waals surface area contributed by atoms with Gasteiger partial charge in [-0.15, -0.1) is 0 Å². The third-order valence-electron chi connectivity index (χ3n) is 1.27. The van der Waals surface area contributed by atoms with E-state index in [1.54, 1.807) is 0 Å². The average Bonchev–Trinajstić information content (AvgIpc) is 1.68. The second-order valence-corrected chi connectivity index (χ2v) is 2.18. The molecule has 0 saturated heterocycles. The van der Waals surface area contributed by atoms with Crippen LogP contribution in [0.4, 0.5) is 0 Å². The van der Waals surface area contributed by atoms with E-state index in [2.05, 4.69) is 20.8 Å². The number of hydrogen-bond acceptors (Lipinski definition) is 0. The molecule has 0 amide bonds. The van der Waals surface area contributed by atoms with Gasteiger partial charge in [0.25, 0.3) is 0 Å². The Hall–Kier alpha value is 0.532. The first-order valence-corrected chi connectivity index (χ1v) is 3.10. The van der Waals surface area contributed by atoms with E-state index in [-0.39, 0.29) is 17.4 Å². The lowest BCUT2D eigenvalue weighted by Crippen LogP contribution is -1.88. The molecule has 1 heteroatoms. The van der Waals surface area contributed by atoms with Gasteiger partial charge in [-0.25, -0.2) is 0 Å². The first-order chi connectivity index (χ1) is 3.31. The molecular formula is C7H18Al. The summed E-state index contributed by atoms with van der Waals surface area (Å²) in [6, 6.07) is 0. The molecule has 0 aromatic heterocycles. The highest BCUT2D eigenvalue weighted by atomic mass is 27.0. The Morgan fingerprint density at radius 2 is 2.00 bits per heavy atom. The average molecular weight is 129 g/mol. The van der Waals surface area contributed by atoms with Crippen LogP contribution in [0.3, 0.4) is 0 Å². The van der Waals surface area contributed by atoms with Crippen molar-refractivity contribution in [2.45, 2.75) is 33.1 Å². The molecule has 0 aliphatic rings. The summed E-state index contributed by atoms with van der Waals surface area (Å²) in [5.74, 6) is 0.838. The van der Waals surface area contributed by atoms with E-state index in [1.165, 1.54) is 12.8 Å². The van der Waals surface area contributed by atoms with Crippen molar-refractivity contribution >= 4 is 17.4 Å². The first kappa shape index (κ1) is 11.3. The van der Waals surface area contributed by atoms with Crippen LogP contribution in [0.2, 0.25) is 0 Å². The summed E-state index contributed by atoms with van der Waals surface area (Å²) in [5, 5.41) is 0. The van der Waals surface area contributed by atoms with Crippen molar-refractivity contribution in [1.82, 2.24) is 0 Å². The maximum atomic E-state index is 3.80. The van der Waals surface area contributed by atoms with Gasteiger partial charge in [0.05, 0.1) is 0 Å². The molecule has 1 radical (unpaired) electrons. The van der Waals surface area contributed by atoms with Crippen LogP contribution in [0.5, 0.6) is 0 Å². The molecule has 0 nitrogen and oxygen atoms in total. The lowest BCUT2D eigenvalue weighted by molar-refractivity contribution is 0.530.